The summed E-state index contributed by atoms with van der Waals surface area (Å²) in [5, 5.41) is 28.1. The molecule has 2 aliphatic rings. The number of anilines is 2. The molecule has 0 unspecified atom stereocenters. The molecule has 0 aromatic carbocycles. The van der Waals surface area contributed by atoms with Crippen LogP contribution in [0.1, 0.15) is 90.4 Å². The summed E-state index contributed by atoms with van der Waals surface area (Å²) in [6, 6.07) is -2.25. The number of nitrogens with one attached hydrogen (secondary N) is 4. The number of nitrogens with zero attached hydrogens (tertiary/aromatic N) is 5. The number of hydrazine groups is 1. The number of carboxylic acid groups (broad SMARTS) is 1. The highest BCUT2D eigenvalue weighted by Gasteiger charge is 2.44. The fraction of sp³-hybridized carbons (Fsp3) is 0.658. The Hall–Kier alpha value is -5.61. The topological polar surface area (TPSA) is 347 Å². The Bertz CT molecular complexity index is 1630. The predicted molar refractivity (Wildman–Crippen MR) is 221 cm³/mol. The Balaban J connectivity index is 1.61. The molecule has 0 radical (unpaired) electrons. The van der Waals surface area contributed by atoms with Gasteiger partial charge in [-0.25, -0.2) is 15.6 Å². The number of aromatic nitrogens is 1. The summed E-state index contributed by atoms with van der Waals surface area (Å²) in [6.07, 6.45) is 5.68. The third-order valence-electron chi connectivity index (χ3n) is 10.5. The van der Waals surface area contributed by atoms with E-state index in [1.807, 2.05) is 0 Å². The number of hydrogen-bond donors (Lipinski definition) is 10. The highest BCUT2D eigenvalue weighted by molar-refractivity contribution is 5.96. The number of carbonyl (C=O) groups is 7. The first-order chi connectivity index (χ1) is 28.7. The van der Waals surface area contributed by atoms with Gasteiger partial charge in [-0.05, 0) is 96.2 Å². The summed E-state index contributed by atoms with van der Waals surface area (Å²) in [7, 11) is 0. The quantitative estimate of drug-likeness (QED) is 0.0120. The minimum Gasteiger partial charge on any atom is -0.480 e. The first kappa shape index (κ1) is 48.8. The Morgan fingerprint density at radius 3 is 2.25 bits per heavy atom. The molecule has 2 fully saturated rings. The van der Waals surface area contributed by atoms with Crippen LogP contribution >= 0.6 is 0 Å². The molecule has 0 saturated carbocycles. The molecule has 2 aliphatic heterocycles. The van der Waals surface area contributed by atoms with Crippen molar-refractivity contribution in [3.63, 3.8) is 0 Å². The number of unbranched alkanes of at least 4 members (excludes halogenated alkanes) is 3. The summed E-state index contributed by atoms with van der Waals surface area (Å²) in [6.45, 7) is 2.70. The monoisotopic (exact) mass is 845 g/mol. The average molecular weight is 846 g/mol. The Labute approximate surface area is 349 Å². The number of nitrogens with two attached hydrogens (primary N) is 4. The van der Waals surface area contributed by atoms with E-state index in [1.54, 1.807) is 12.1 Å². The number of aliphatic carboxylic acids is 1. The maximum atomic E-state index is 14.2. The van der Waals surface area contributed by atoms with Crippen molar-refractivity contribution in [3.05, 3.63) is 18.3 Å². The molecule has 6 atom stereocenters. The smallest absolute Gasteiger partial charge is 0.326 e. The van der Waals surface area contributed by atoms with E-state index >= 15 is 0 Å². The van der Waals surface area contributed by atoms with Crippen LogP contribution in [0.4, 0.5) is 11.5 Å². The number of guanidine groups is 1. The van der Waals surface area contributed by atoms with E-state index in [1.165, 1.54) is 27.8 Å². The van der Waals surface area contributed by atoms with Crippen LogP contribution in [-0.2, 0) is 33.6 Å². The van der Waals surface area contributed by atoms with Gasteiger partial charge in [-0.2, -0.15) is 0 Å². The zero-order chi connectivity index (χ0) is 44.2. The first-order valence-electron chi connectivity index (χ1n) is 20.5. The van der Waals surface area contributed by atoms with E-state index in [0.717, 1.165) is 0 Å². The summed E-state index contributed by atoms with van der Waals surface area (Å²) >= 11 is 0. The number of rotatable bonds is 26. The molecule has 60 heavy (non-hydrogen) atoms. The van der Waals surface area contributed by atoms with E-state index in [0.29, 0.717) is 95.2 Å². The number of aliphatic hydroxyl groups is 1. The van der Waals surface area contributed by atoms with Crippen LogP contribution in [0.3, 0.4) is 0 Å². The van der Waals surface area contributed by atoms with Gasteiger partial charge in [0.15, 0.2) is 5.96 Å². The van der Waals surface area contributed by atoms with Crippen molar-refractivity contribution in [1.29, 1.82) is 0 Å². The number of hydrogen-bond acceptors (Lipinski definition) is 13. The van der Waals surface area contributed by atoms with Gasteiger partial charge in [0.2, 0.25) is 35.9 Å². The van der Waals surface area contributed by atoms with Gasteiger partial charge in [0.1, 0.15) is 36.0 Å². The summed E-state index contributed by atoms with van der Waals surface area (Å²) in [4.78, 5) is 104. The van der Waals surface area contributed by atoms with Gasteiger partial charge < -0.3 is 63.5 Å². The second-order valence-electron chi connectivity index (χ2n) is 15.0. The van der Waals surface area contributed by atoms with Crippen molar-refractivity contribution in [2.75, 3.05) is 43.0 Å². The third-order valence-corrected chi connectivity index (χ3v) is 10.5. The lowest BCUT2D eigenvalue weighted by Gasteiger charge is -2.33. The molecule has 14 N–H and O–H groups in total. The number of nitrogen functional groups attached to an aromatic ring is 1. The predicted octanol–water partition coefficient (Wildman–Crippen LogP) is -2.03. The second-order valence-corrected chi connectivity index (χ2v) is 15.0. The van der Waals surface area contributed by atoms with Crippen LogP contribution in [0.5, 0.6) is 0 Å². The van der Waals surface area contributed by atoms with Crippen LogP contribution in [0.2, 0.25) is 0 Å². The molecule has 22 nitrogen and oxygen atoms in total. The molecule has 0 bridgehead atoms. The number of pyridine rings is 1. The number of aliphatic imine (C=N–C) groups is 1. The van der Waals surface area contributed by atoms with Gasteiger partial charge >= 0.3 is 5.97 Å². The summed E-state index contributed by atoms with van der Waals surface area (Å²) in [5.41, 5.74) is 19.4. The van der Waals surface area contributed by atoms with Crippen molar-refractivity contribution in [3.8, 4) is 0 Å². The lowest BCUT2D eigenvalue weighted by molar-refractivity contribution is -0.149. The standard InChI is InChI=1S/C38H63N13O9/c1-24(53)32(47-31(54)14-3-2-6-19-49(23-52)25-15-16-30(48-42)44-22-25)34(56)45-26(10-4-5-17-39)35(57)51-21-9-13-29(51)36(58)50-20-8-12-28(50)33(55)46-27(37(59)60)11-7-18-43-38(40)41/h15-16,22-24,26-29,32,53H,2-14,17-21,39,42H2,1H3,(H,44,48)(H,45,56)(H,46,55)(H,47,54)(H,59,60)(H4,40,41,43)/t24-,26+,27+,28+,29+,32+/m1/s1. The molecule has 0 aliphatic carbocycles. The highest BCUT2D eigenvalue weighted by Crippen LogP contribution is 2.26. The number of likely N-dealkylation sites (tertiary alicyclic amines) is 2. The fourth-order valence-corrected chi connectivity index (χ4v) is 7.30. The Morgan fingerprint density at radius 1 is 0.933 bits per heavy atom. The summed E-state index contributed by atoms with van der Waals surface area (Å²) < 4.78 is 0. The SMILES string of the molecule is C[C@@H](O)[C@H](NC(=O)CCCCCN(C=O)c1ccc(NN)nc1)C(=O)N[C@@H](CCCCN)C(=O)N1CCC[C@H]1C(=O)N1CCC[C@H]1C(=O)N[C@@H](CCCN=C(N)N)C(=O)O. The van der Waals surface area contributed by atoms with Gasteiger partial charge in [0.25, 0.3) is 0 Å². The minimum atomic E-state index is -1.38. The summed E-state index contributed by atoms with van der Waals surface area (Å²) in [5.74, 6) is 1.56. The van der Waals surface area contributed by atoms with Crippen LogP contribution in [0.25, 0.3) is 0 Å². The molecule has 3 rings (SSSR count). The maximum Gasteiger partial charge on any atom is 0.326 e. The molecular formula is C38H63N13O9. The second kappa shape index (κ2) is 25.1. The number of amides is 6. The molecule has 6 amide bonds. The van der Waals surface area contributed by atoms with Crippen molar-refractivity contribution >= 4 is 59.4 Å². The van der Waals surface area contributed by atoms with E-state index in [2.05, 4.69) is 31.4 Å². The maximum absolute atomic E-state index is 14.2. The van der Waals surface area contributed by atoms with Gasteiger partial charge in [-0.15, -0.1) is 0 Å². The molecular weight excluding hydrogens is 782 g/mol. The van der Waals surface area contributed by atoms with Crippen LogP contribution < -0.4 is 49.3 Å². The average Bonchev–Trinajstić information content (AvgIpc) is 3.93. The van der Waals surface area contributed by atoms with Crippen LogP contribution in [0, 0.1) is 0 Å². The van der Waals surface area contributed by atoms with Gasteiger partial charge in [-0.1, -0.05) is 6.42 Å². The Morgan fingerprint density at radius 2 is 1.63 bits per heavy atom. The molecule has 334 valence electrons. The molecule has 3 heterocycles. The zero-order valence-electron chi connectivity index (χ0n) is 34.3. The lowest BCUT2D eigenvalue weighted by atomic mass is 10.0. The number of carboxylic acids is 1. The largest absolute Gasteiger partial charge is 0.480 e. The first-order valence-corrected chi connectivity index (χ1v) is 20.5. The van der Waals surface area contributed by atoms with E-state index in [4.69, 9.17) is 23.0 Å². The van der Waals surface area contributed by atoms with Crippen LogP contribution in [-0.4, -0.2) is 142 Å². The van der Waals surface area contributed by atoms with E-state index in [-0.39, 0.29) is 44.9 Å². The molecule has 1 aromatic rings. The van der Waals surface area contributed by atoms with Crippen molar-refractivity contribution in [1.82, 2.24) is 30.7 Å². The normalized spacial score (nSPS) is 18.1. The van der Waals surface area contributed by atoms with Crippen molar-refractivity contribution in [2.24, 2.45) is 28.0 Å². The van der Waals surface area contributed by atoms with Crippen molar-refractivity contribution < 1.29 is 43.8 Å². The van der Waals surface area contributed by atoms with Crippen molar-refractivity contribution in [2.45, 2.75) is 127 Å². The van der Waals surface area contributed by atoms with Gasteiger partial charge in [0, 0.05) is 32.6 Å². The van der Waals surface area contributed by atoms with Gasteiger partial charge in [0.05, 0.1) is 18.0 Å². The Kier molecular flexibility index (Phi) is 20.4. The van der Waals surface area contributed by atoms with Crippen LogP contribution in [0.15, 0.2) is 23.3 Å². The minimum absolute atomic E-state index is 0.0400. The van der Waals surface area contributed by atoms with E-state index < -0.39 is 71.8 Å². The molecule has 1 aromatic heterocycles. The highest BCUT2D eigenvalue weighted by atomic mass is 16.4. The zero-order valence-corrected chi connectivity index (χ0v) is 34.3. The number of carbonyl (C=O) groups excluding carboxylic acids is 6. The molecule has 2 saturated heterocycles. The molecule has 0 spiro atoms. The third kappa shape index (κ3) is 14.9. The van der Waals surface area contributed by atoms with Gasteiger partial charge in [-0.3, -0.25) is 33.8 Å². The van der Waals surface area contributed by atoms with E-state index in [9.17, 15) is 43.8 Å². The fourth-order valence-electron chi connectivity index (χ4n) is 7.30. The lowest BCUT2D eigenvalue weighted by Crippen LogP contribution is -2.59. The number of aliphatic hydroxyl groups excluding tert-OH is 1. The molecule has 22 heteroatoms.